The SMILES string of the molecule is CCc1oc(C(=O)O[C@@H]2CCCS(=O)(=O)C2)cc1C. The molecule has 0 aromatic carbocycles. The van der Waals surface area contributed by atoms with Crippen molar-refractivity contribution in [3.05, 3.63) is 23.2 Å². The van der Waals surface area contributed by atoms with Crippen molar-refractivity contribution in [2.24, 2.45) is 0 Å². The Kier molecular flexibility index (Phi) is 3.99. The van der Waals surface area contributed by atoms with Gasteiger partial charge in [-0.1, -0.05) is 6.92 Å². The summed E-state index contributed by atoms with van der Waals surface area (Å²) in [5.74, 6) is 0.422. The van der Waals surface area contributed by atoms with Crippen LogP contribution < -0.4 is 0 Å². The Balaban J connectivity index is 2.04. The molecule has 0 bridgehead atoms. The zero-order chi connectivity index (χ0) is 14.0. The number of rotatable bonds is 3. The molecule has 0 amide bonds. The van der Waals surface area contributed by atoms with Gasteiger partial charge >= 0.3 is 5.97 Å². The lowest BCUT2D eigenvalue weighted by Gasteiger charge is -2.21. The molecule has 0 N–H and O–H groups in total. The zero-order valence-electron chi connectivity index (χ0n) is 11.1. The van der Waals surface area contributed by atoms with Crippen molar-refractivity contribution in [2.45, 2.75) is 39.2 Å². The van der Waals surface area contributed by atoms with Crippen molar-refractivity contribution in [1.29, 1.82) is 0 Å². The van der Waals surface area contributed by atoms with Crippen LogP contribution in [0.4, 0.5) is 0 Å². The standard InChI is InChI=1S/C13H18O5S/c1-3-11-9(2)7-12(18-11)13(14)17-10-5-4-6-19(15,16)8-10/h7,10H,3-6,8H2,1-2H3/t10-/m1/s1. The normalized spacial score (nSPS) is 22.1. The average molecular weight is 286 g/mol. The van der Waals surface area contributed by atoms with Crippen LogP contribution >= 0.6 is 0 Å². The van der Waals surface area contributed by atoms with Crippen molar-refractivity contribution in [3.63, 3.8) is 0 Å². The largest absolute Gasteiger partial charge is 0.455 e. The molecule has 0 unspecified atom stereocenters. The fourth-order valence-corrected chi connectivity index (χ4v) is 3.83. The van der Waals surface area contributed by atoms with Gasteiger partial charge in [0.2, 0.25) is 5.76 Å². The van der Waals surface area contributed by atoms with Crippen LogP contribution in [0.15, 0.2) is 10.5 Å². The number of aryl methyl sites for hydroxylation is 2. The Morgan fingerprint density at radius 3 is 2.84 bits per heavy atom. The Bertz CT molecular complexity index is 570. The second-order valence-electron chi connectivity index (χ2n) is 4.85. The van der Waals surface area contributed by atoms with Gasteiger partial charge in [0.15, 0.2) is 9.84 Å². The number of carbonyl (C=O) groups is 1. The van der Waals surface area contributed by atoms with Crippen LogP contribution in [-0.2, 0) is 21.0 Å². The van der Waals surface area contributed by atoms with Gasteiger partial charge in [-0.2, -0.15) is 0 Å². The molecule has 2 rings (SSSR count). The number of furan rings is 1. The lowest BCUT2D eigenvalue weighted by Crippen LogP contribution is -2.32. The molecule has 6 heteroatoms. The van der Waals surface area contributed by atoms with Gasteiger partial charge in [-0.25, -0.2) is 13.2 Å². The Morgan fingerprint density at radius 2 is 2.26 bits per heavy atom. The summed E-state index contributed by atoms with van der Waals surface area (Å²) in [5, 5.41) is 0. The second-order valence-corrected chi connectivity index (χ2v) is 7.08. The lowest BCUT2D eigenvalue weighted by atomic mass is 10.2. The van der Waals surface area contributed by atoms with E-state index < -0.39 is 21.9 Å². The summed E-state index contributed by atoms with van der Waals surface area (Å²) in [5.41, 5.74) is 0.908. The molecule has 0 aliphatic carbocycles. The van der Waals surface area contributed by atoms with Gasteiger partial charge in [-0.15, -0.1) is 0 Å². The third-order valence-electron chi connectivity index (χ3n) is 3.24. The van der Waals surface area contributed by atoms with E-state index in [9.17, 15) is 13.2 Å². The van der Waals surface area contributed by atoms with Gasteiger partial charge in [0, 0.05) is 6.42 Å². The maximum atomic E-state index is 11.9. The van der Waals surface area contributed by atoms with Crippen molar-refractivity contribution < 1.29 is 22.4 Å². The summed E-state index contributed by atoms with van der Waals surface area (Å²) in [6.45, 7) is 3.80. The molecule has 1 aliphatic rings. The van der Waals surface area contributed by atoms with Crippen molar-refractivity contribution in [2.75, 3.05) is 11.5 Å². The van der Waals surface area contributed by atoms with E-state index in [0.717, 1.165) is 11.3 Å². The molecule has 19 heavy (non-hydrogen) atoms. The monoisotopic (exact) mass is 286 g/mol. The number of hydrogen-bond acceptors (Lipinski definition) is 5. The van der Waals surface area contributed by atoms with E-state index in [-0.39, 0.29) is 17.3 Å². The molecule has 1 aliphatic heterocycles. The van der Waals surface area contributed by atoms with Crippen LogP contribution in [0.3, 0.4) is 0 Å². The number of ether oxygens (including phenoxy) is 1. The minimum Gasteiger partial charge on any atom is -0.455 e. The van der Waals surface area contributed by atoms with E-state index in [2.05, 4.69) is 0 Å². The molecular formula is C13H18O5S. The van der Waals surface area contributed by atoms with Crippen molar-refractivity contribution in [3.8, 4) is 0 Å². The number of carbonyl (C=O) groups excluding carboxylic acids is 1. The van der Waals surface area contributed by atoms with Crippen LogP contribution in [0, 0.1) is 6.92 Å². The van der Waals surface area contributed by atoms with Gasteiger partial charge in [0.05, 0.1) is 11.5 Å². The van der Waals surface area contributed by atoms with E-state index in [1.54, 1.807) is 6.07 Å². The molecule has 0 spiro atoms. The summed E-state index contributed by atoms with van der Waals surface area (Å²) in [7, 11) is -3.08. The van der Waals surface area contributed by atoms with Gasteiger partial charge in [0.1, 0.15) is 11.9 Å². The fraction of sp³-hybridized carbons (Fsp3) is 0.615. The summed E-state index contributed by atoms with van der Waals surface area (Å²) in [6, 6.07) is 1.64. The highest BCUT2D eigenvalue weighted by atomic mass is 32.2. The first-order valence-corrected chi connectivity index (χ1v) is 8.24. The Morgan fingerprint density at radius 1 is 1.53 bits per heavy atom. The van der Waals surface area contributed by atoms with Crippen LogP contribution in [0.25, 0.3) is 0 Å². The first-order chi connectivity index (χ1) is 8.91. The van der Waals surface area contributed by atoms with Crippen LogP contribution in [0.2, 0.25) is 0 Å². The Labute approximate surface area is 112 Å². The molecule has 1 fully saturated rings. The Hall–Kier alpha value is -1.30. The minimum absolute atomic E-state index is 0.0843. The van der Waals surface area contributed by atoms with E-state index in [1.807, 2.05) is 13.8 Å². The highest BCUT2D eigenvalue weighted by Gasteiger charge is 2.28. The summed E-state index contributed by atoms with van der Waals surface area (Å²) in [6.07, 6.45) is 1.28. The molecule has 1 aromatic rings. The van der Waals surface area contributed by atoms with Crippen LogP contribution in [0.5, 0.6) is 0 Å². The van der Waals surface area contributed by atoms with Crippen LogP contribution in [0.1, 0.15) is 41.6 Å². The first-order valence-electron chi connectivity index (χ1n) is 6.42. The molecule has 0 saturated carbocycles. The lowest BCUT2D eigenvalue weighted by molar-refractivity contribution is 0.0286. The number of esters is 1. The third-order valence-corrected chi connectivity index (χ3v) is 5.03. The second kappa shape index (κ2) is 5.36. The predicted molar refractivity (Wildman–Crippen MR) is 69.9 cm³/mol. The van der Waals surface area contributed by atoms with Crippen LogP contribution in [-0.4, -0.2) is 32.0 Å². The maximum Gasteiger partial charge on any atom is 0.374 e. The molecule has 0 radical (unpaired) electrons. The topological polar surface area (TPSA) is 73.6 Å². The first kappa shape index (κ1) is 14.1. The van der Waals surface area contributed by atoms with Gasteiger partial charge in [-0.05, 0) is 31.4 Å². The minimum atomic E-state index is -3.08. The molecule has 1 atom stereocenters. The van der Waals surface area contributed by atoms with Gasteiger partial charge in [-0.3, -0.25) is 0 Å². The highest BCUT2D eigenvalue weighted by Crippen LogP contribution is 2.20. The average Bonchev–Trinajstić information content (AvgIpc) is 2.69. The molecule has 1 saturated heterocycles. The van der Waals surface area contributed by atoms with Gasteiger partial charge < -0.3 is 9.15 Å². The number of sulfone groups is 1. The fourth-order valence-electron chi connectivity index (χ4n) is 2.25. The van der Waals surface area contributed by atoms with Crippen molar-refractivity contribution in [1.82, 2.24) is 0 Å². The maximum absolute atomic E-state index is 11.9. The predicted octanol–water partition coefficient (Wildman–Crippen LogP) is 1.88. The van der Waals surface area contributed by atoms with E-state index in [1.165, 1.54) is 0 Å². The van der Waals surface area contributed by atoms with E-state index in [4.69, 9.17) is 9.15 Å². The van der Waals surface area contributed by atoms with Crippen molar-refractivity contribution >= 4 is 15.8 Å². The molecule has 2 heterocycles. The smallest absolute Gasteiger partial charge is 0.374 e. The third kappa shape index (κ3) is 3.37. The zero-order valence-corrected chi connectivity index (χ0v) is 12.0. The molecule has 106 valence electrons. The highest BCUT2D eigenvalue weighted by molar-refractivity contribution is 7.91. The molecular weight excluding hydrogens is 268 g/mol. The summed E-state index contributed by atoms with van der Waals surface area (Å²) < 4.78 is 33.5. The summed E-state index contributed by atoms with van der Waals surface area (Å²) >= 11 is 0. The molecule has 1 aromatic heterocycles. The van der Waals surface area contributed by atoms with E-state index >= 15 is 0 Å². The van der Waals surface area contributed by atoms with E-state index in [0.29, 0.717) is 19.3 Å². The number of hydrogen-bond donors (Lipinski definition) is 0. The summed E-state index contributed by atoms with van der Waals surface area (Å²) in [4.78, 5) is 11.9. The van der Waals surface area contributed by atoms with Gasteiger partial charge in [0.25, 0.3) is 0 Å². The molecule has 5 nitrogen and oxygen atoms in total. The quantitative estimate of drug-likeness (QED) is 0.793.